The lowest BCUT2D eigenvalue weighted by molar-refractivity contribution is 0.102. The van der Waals surface area contributed by atoms with Gasteiger partial charge in [-0.15, -0.1) is 0 Å². The summed E-state index contributed by atoms with van der Waals surface area (Å²) in [5, 5.41) is 2.79. The first-order chi connectivity index (χ1) is 9.19. The van der Waals surface area contributed by atoms with E-state index in [2.05, 4.69) is 12.2 Å². The molecule has 0 spiro atoms. The Balaban J connectivity index is 2.04. The summed E-state index contributed by atoms with van der Waals surface area (Å²) in [6.45, 7) is 2.13. The fraction of sp³-hybridized carbons (Fsp3) is 0.188. The van der Waals surface area contributed by atoms with Crippen molar-refractivity contribution in [1.29, 1.82) is 0 Å². The summed E-state index contributed by atoms with van der Waals surface area (Å²) in [4.78, 5) is 11.9. The summed E-state index contributed by atoms with van der Waals surface area (Å²) in [5.74, 6) is -0.580. The van der Waals surface area contributed by atoms with Crippen LogP contribution in [0.3, 0.4) is 0 Å². The highest BCUT2D eigenvalue weighted by atomic mass is 19.1. The number of anilines is 1. The first-order valence-electron chi connectivity index (χ1n) is 6.35. The Hall–Kier alpha value is -2.16. The Labute approximate surface area is 112 Å². The van der Waals surface area contributed by atoms with Gasteiger partial charge in [0.25, 0.3) is 5.91 Å². The maximum atomic E-state index is 12.8. The maximum Gasteiger partial charge on any atom is 0.255 e. The highest BCUT2D eigenvalue weighted by Gasteiger charge is 2.05. The molecule has 0 unspecified atom stereocenters. The predicted octanol–water partition coefficient (Wildman–Crippen LogP) is 4.03. The molecule has 1 N–H and O–H groups in total. The van der Waals surface area contributed by atoms with Crippen LogP contribution in [0.25, 0.3) is 0 Å². The number of nitrogens with one attached hydrogen (secondary N) is 1. The van der Waals surface area contributed by atoms with E-state index in [1.807, 2.05) is 24.3 Å². The summed E-state index contributed by atoms with van der Waals surface area (Å²) in [6, 6.07) is 13.3. The van der Waals surface area contributed by atoms with Crippen molar-refractivity contribution in [2.75, 3.05) is 5.32 Å². The van der Waals surface area contributed by atoms with Gasteiger partial charge in [0, 0.05) is 11.3 Å². The van der Waals surface area contributed by atoms with Crippen molar-refractivity contribution in [3.8, 4) is 0 Å². The number of benzene rings is 2. The molecule has 2 aromatic carbocycles. The summed E-state index contributed by atoms with van der Waals surface area (Å²) in [5.41, 5.74) is 2.44. The van der Waals surface area contributed by atoms with Gasteiger partial charge in [0.15, 0.2) is 0 Å². The first kappa shape index (κ1) is 13.3. The highest BCUT2D eigenvalue weighted by molar-refractivity contribution is 6.04. The van der Waals surface area contributed by atoms with Crippen LogP contribution in [-0.2, 0) is 6.42 Å². The minimum atomic E-state index is -0.347. The lowest BCUT2D eigenvalue weighted by Gasteiger charge is -2.06. The van der Waals surface area contributed by atoms with E-state index in [1.165, 1.54) is 29.8 Å². The minimum Gasteiger partial charge on any atom is -0.322 e. The van der Waals surface area contributed by atoms with E-state index in [0.29, 0.717) is 5.56 Å². The van der Waals surface area contributed by atoms with E-state index >= 15 is 0 Å². The van der Waals surface area contributed by atoms with Crippen LogP contribution in [0.1, 0.15) is 29.3 Å². The second-order valence-corrected chi connectivity index (χ2v) is 4.41. The van der Waals surface area contributed by atoms with Crippen molar-refractivity contribution in [2.24, 2.45) is 0 Å². The van der Waals surface area contributed by atoms with Gasteiger partial charge in [0.05, 0.1) is 0 Å². The van der Waals surface area contributed by atoms with E-state index in [-0.39, 0.29) is 11.7 Å². The molecule has 0 saturated heterocycles. The lowest BCUT2D eigenvalue weighted by Crippen LogP contribution is -2.11. The fourth-order valence-electron chi connectivity index (χ4n) is 1.85. The van der Waals surface area contributed by atoms with E-state index in [9.17, 15) is 9.18 Å². The molecule has 0 radical (unpaired) electrons. The molecule has 2 rings (SSSR count). The molecule has 0 aromatic heterocycles. The van der Waals surface area contributed by atoms with Crippen molar-refractivity contribution < 1.29 is 9.18 Å². The van der Waals surface area contributed by atoms with E-state index in [0.717, 1.165) is 18.5 Å². The van der Waals surface area contributed by atoms with Crippen LogP contribution in [0.2, 0.25) is 0 Å². The molecular formula is C16H16FNO. The molecule has 0 aliphatic rings. The molecule has 19 heavy (non-hydrogen) atoms. The summed E-state index contributed by atoms with van der Waals surface area (Å²) in [6.07, 6.45) is 2.13. The van der Waals surface area contributed by atoms with Crippen molar-refractivity contribution in [3.05, 3.63) is 65.5 Å². The van der Waals surface area contributed by atoms with Crippen molar-refractivity contribution in [3.63, 3.8) is 0 Å². The number of halogens is 1. The van der Waals surface area contributed by atoms with Gasteiger partial charge in [-0.1, -0.05) is 25.5 Å². The number of rotatable bonds is 4. The lowest BCUT2D eigenvalue weighted by atomic mass is 10.1. The Morgan fingerprint density at radius 1 is 1.05 bits per heavy atom. The Morgan fingerprint density at radius 3 is 2.26 bits per heavy atom. The molecule has 2 aromatic rings. The van der Waals surface area contributed by atoms with Gasteiger partial charge in [-0.2, -0.15) is 0 Å². The number of aryl methyl sites for hydroxylation is 1. The molecule has 3 heteroatoms. The fourth-order valence-corrected chi connectivity index (χ4v) is 1.85. The SMILES string of the molecule is CCCc1ccc(NC(=O)c2ccc(F)cc2)cc1. The van der Waals surface area contributed by atoms with Crippen molar-refractivity contribution >= 4 is 11.6 Å². The van der Waals surface area contributed by atoms with Crippen LogP contribution in [0.4, 0.5) is 10.1 Å². The van der Waals surface area contributed by atoms with Gasteiger partial charge < -0.3 is 5.32 Å². The number of amides is 1. The van der Waals surface area contributed by atoms with Crippen LogP contribution >= 0.6 is 0 Å². The quantitative estimate of drug-likeness (QED) is 0.880. The molecule has 98 valence electrons. The highest BCUT2D eigenvalue weighted by Crippen LogP contribution is 2.13. The standard InChI is InChI=1S/C16H16FNO/c1-2-3-12-4-10-15(11-5-12)18-16(19)13-6-8-14(17)9-7-13/h4-11H,2-3H2,1H3,(H,18,19). The topological polar surface area (TPSA) is 29.1 Å². The van der Waals surface area contributed by atoms with Gasteiger partial charge >= 0.3 is 0 Å². The molecular weight excluding hydrogens is 241 g/mol. The second kappa shape index (κ2) is 6.14. The maximum absolute atomic E-state index is 12.8. The molecule has 0 bridgehead atoms. The average Bonchev–Trinajstić information content (AvgIpc) is 2.42. The van der Waals surface area contributed by atoms with Crippen LogP contribution in [-0.4, -0.2) is 5.91 Å². The number of carbonyl (C=O) groups is 1. The van der Waals surface area contributed by atoms with Gasteiger partial charge in [0.2, 0.25) is 0 Å². The van der Waals surface area contributed by atoms with Crippen LogP contribution < -0.4 is 5.32 Å². The smallest absolute Gasteiger partial charge is 0.255 e. The van der Waals surface area contributed by atoms with Gasteiger partial charge in [-0.05, 0) is 48.4 Å². The Bertz CT molecular complexity index is 546. The number of hydrogen-bond acceptors (Lipinski definition) is 1. The predicted molar refractivity (Wildman–Crippen MR) is 74.8 cm³/mol. The van der Waals surface area contributed by atoms with Crippen LogP contribution in [0.15, 0.2) is 48.5 Å². The van der Waals surface area contributed by atoms with Crippen LogP contribution in [0.5, 0.6) is 0 Å². The van der Waals surface area contributed by atoms with Crippen molar-refractivity contribution in [2.45, 2.75) is 19.8 Å². The summed E-state index contributed by atoms with van der Waals surface area (Å²) >= 11 is 0. The largest absolute Gasteiger partial charge is 0.322 e. The molecule has 1 amide bonds. The zero-order valence-electron chi connectivity index (χ0n) is 10.8. The van der Waals surface area contributed by atoms with E-state index in [1.54, 1.807) is 0 Å². The molecule has 0 heterocycles. The van der Waals surface area contributed by atoms with Crippen LogP contribution in [0, 0.1) is 5.82 Å². The zero-order valence-corrected chi connectivity index (χ0v) is 10.8. The van der Waals surface area contributed by atoms with Gasteiger partial charge in [-0.3, -0.25) is 4.79 Å². The molecule has 0 aliphatic heterocycles. The van der Waals surface area contributed by atoms with Gasteiger partial charge in [0.1, 0.15) is 5.82 Å². The monoisotopic (exact) mass is 257 g/mol. The van der Waals surface area contributed by atoms with E-state index in [4.69, 9.17) is 0 Å². The Kier molecular flexibility index (Phi) is 4.29. The number of carbonyl (C=O) groups excluding carboxylic acids is 1. The normalized spacial score (nSPS) is 10.2. The van der Waals surface area contributed by atoms with Gasteiger partial charge in [-0.25, -0.2) is 4.39 Å². The molecule has 0 saturated carbocycles. The first-order valence-corrected chi connectivity index (χ1v) is 6.35. The summed E-state index contributed by atoms with van der Waals surface area (Å²) < 4.78 is 12.8. The third-order valence-corrected chi connectivity index (χ3v) is 2.86. The summed E-state index contributed by atoms with van der Waals surface area (Å²) in [7, 11) is 0. The number of hydrogen-bond donors (Lipinski definition) is 1. The third-order valence-electron chi connectivity index (χ3n) is 2.86. The molecule has 0 fully saturated rings. The second-order valence-electron chi connectivity index (χ2n) is 4.41. The zero-order chi connectivity index (χ0) is 13.7. The third kappa shape index (κ3) is 3.65. The average molecular weight is 257 g/mol. The molecule has 0 atom stereocenters. The molecule has 2 nitrogen and oxygen atoms in total. The van der Waals surface area contributed by atoms with Crippen molar-refractivity contribution in [1.82, 2.24) is 0 Å². The minimum absolute atomic E-state index is 0.233. The molecule has 0 aliphatic carbocycles. The van der Waals surface area contributed by atoms with E-state index < -0.39 is 0 Å². The Morgan fingerprint density at radius 2 is 1.68 bits per heavy atom.